The van der Waals surface area contributed by atoms with Crippen LogP contribution in [0.1, 0.15) is 18.4 Å². The van der Waals surface area contributed by atoms with E-state index in [-0.39, 0.29) is 0 Å². The molecular weight excluding hydrogens is 270 g/mol. The number of carbonyl (C=O) groups is 1. The molecule has 2 N–H and O–H groups in total. The molecular formula is C16H23NO4. The molecule has 5 nitrogen and oxygen atoms in total. The number of likely N-dealkylation sites (tertiary alicyclic amines) is 1. The van der Waals surface area contributed by atoms with E-state index < -0.39 is 18.0 Å². The maximum atomic E-state index is 11.0. The molecule has 1 heterocycles. The molecule has 0 saturated carbocycles. The van der Waals surface area contributed by atoms with Crippen molar-refractivity contribution in [3.05, 3.63) is 35.9 Å². The second-order valence-corrected chi connectivity index (χ2v) is 5.49. The summed E-state index contributed by atoms with van der Waals surface area (Å²) in [4.78, 5) is 13.1. The van der Waals surface area contributed by atoms with Crippen LogP contribution in [0.5, 0.6) is 0 Å². The smallest absolute Gasteiger partial charge is 0.310 e. The number of carboxylic acids is 1. The van der Waals surface area contributed by atoms with Crippen LogP contribution in [0.25, 0.3) is 0 Å². The van der Waals surface area contributed by atoms with Crippen molar-refractivity contribution in [2.75, 3.05) is 26.2 Å². The summed E-state index contributed by atoms with van der Waals surface area (Å²) in [6, 6.07) is 10.0. The number of aliphatic hydroxyl groups is 1. The van der Waals surface area contributed by atoms with Crippen molar-refractivity contribution in [1.82, 2.24) is 4.90 Å². The SMILES string of the molecule is O=C(O)[C@H]1CN(CCCOCc2ccccc2)CC[C@@H]1O. The number of benzene rings is 1. The lowest BCUT2D eigenvalue weighted by atomic mass is 9.95. The summed E-state index contributed by atoms with van der Waals surface area (Å²) in [7, 11) is 0. The van der Waals surface area contributed by atoms with Gasteiger partial charge in [-0.2, -0.15) is 0 Å². The van der Waals surface area contributed by atoms with E-state index in [1.807, 2.05) is 30.3 Å². The highest BCUT2D eigenvalue weighted by atomic mass is 16.5. The van der Waals surface area contributed by atoms with E-state index in [2.05, 4.69) is 4.90 Å². The van der Waals surface area contributed by atoms with Gasteiger partial charge in [-0.25, -0.2) is 0 Å². The molecule has 0 spiro atoms. The molecule has 1 aromatic rings. The summed E-state index contributed by atoms with van der Waals surface area (Å²) < 4.78 is 5.61. The Morgan fingerprint density at radius 1 is 1.33 bits per heavy atom. The number of nitrogens with zero attached hydrogens (tertiary/aromatic N) is 1. The van der Waals surface area contributed by atoms with Crippen molar-refractivity contribution in [3.8, 4) is 0 Å². The zero-order valence-corrected chi connectivity index (χ0v) is 12.1. The Bertz CT molecular complexity index is 437. The minimum absolute atomic E-state index is 0.426. The van der Waals surface area contributed by atoms with Crippen LogP contribution in [-0.4, -0.2) is 53.4 Å². The van der Waals surface area contributed by atoms with Gasteiger partial charge in [-0.05, 0) is 18.4 Å². The number of aliphatic carboxylic acids is 1. The molecule has 0 amide bonds. The topological polar surface area (TPSA) is 70.0 Å². The summed E-state index contributed by atoms with van der Waals surface area (Å²) in [5, 5.41) is 18.7. The third kappa shape index (κ3) is 5.12. The molecule has 0 aromatic heterocycles. The highest BCUT2D eigenvalue weighted by molar-refractivity contribution is 5.71. The van der Waals surface area contributed by atoms with Crippen LogP contribution >= 0.6 is 0 Å². The Labute approximate surface area is 125 Å². The average molecular weight is 293 g/mol. The first-order chi connectivity index (χ1) is 10.2. The van der Waals surface area contributed by atoms with Gasteiger partial charge in [0.2, 0.25) is 0 Å². The Balaban J connectivity index is 1.61. The molecule has 1 fully saturated rings. The average Bonchev–Trinajstić information content (AvgIpc) is 2.49. The van der Waals surface area contributed by atoms with Crippen molar-refractivity contribution in [3.63, 3.8) is 0 Å². The van der Waals surface area contributed by atoms with Crippen molar-refractivity contribution < 1.29 is 19.7 Å². The predicted octanol–water partition coefficient (Wildman–Crippen LogP) is 1.36. The fraction of sp³-hybridized carbons (Fsp3) is 0.562. The summed E-state index contributed by atoms with van der Waals surface area (Å²) in [5.74, 6) is -1.57. The van der Waals surface area contributed by atoms with Gasteiger partial charge in [0.1, 0.15) is 0 Å². The van der Waals surface area contributed by atoms with E-state index in [9.17, 15) is 9.90 Å². The molecule has 1 aromatic carbocycles. The lowest BCUT2D eigenvalue weighted by molar-refractivity contribution is -0.148. The molecule has 0 unspecified atom stereocenters. The summed E-state index contributed by atoms with van der Waals surface area (Å²) >= 11 is 0. The summed E-state index contributed by atoms with van der Waals surface area (Å²) in [6.45, 7) is 3.26. The molecule has 116 valence electrons. The van der Waals surface area contributed by atoms with Gasteiger partial charge >= 0.3 is 5.97 Å². The summed E-state index contributed by atoms with van der Waals surface area (Å²) in [5.41, 5.74) is 1.16. The van der Waals surface area contributed by atoms with Crippen LogP contribution in [0.2, 0.25) is 0 Å². The molecule has 0 radical (unpaired) electrons. The predicted molar refractivity (Wildman–Crippen MR) is 78.9 cm³/mol. The van der Waals surface area contributed by atoms with Crippen molar-refractivity contribution in [2.24, 2.45) is 5.92 Å². The van der Waals surface area contributed by atoms with Gasteiger partial charge in [0.15, 0.2) is 0 Å². The van der Waals surface area contributed by atoms with Gasteiger partial charge < -0.3 is 19.8 Å². The van der Waals surface area contributed by atoms with E-state index in [4.69, 9.17) is 9.84 Å². The fourth-order valence-electron chi connectivity index (χ4n) is 2.61. The van der Waals surface area contributed by atoms with Crippen LogP contribution in [0.15, 0.2) is 30.3 Å². The standard InChI is InChI=1S/C16H23NO4/c18-15-7-9-17(11-14(15)16(19)20)8-4-10-21-12-13-5-2-1-3-6-13/h1-3,5-6,14-15,18H,4,7-12H2,(H,19,20)/t14-,15-/m0/s1. The summed E-state index contributed by atoms with van der Waals surface area (Å²) in [6.07, 6.45) is 0.685. The van der Waals surface area contributed by atoms with E-state index in [0.29, 0.717) is 26.2 Å². The molecule has 1 aliphatic heterocycles. The zero-order chi connectivity index (χ0) is 15.1. The molecule has 5 heteroatoms. The molecule has 0 aliphatic carbocycles. The first kappa shape index (κ1) is 15.9. The fourth-order valence-corrected chi connectivity index (χ4v) is 2.61. The number of hydrogen-bond donors (Lipinski definition) is 2. The van der Waals surface area contributed by atoms with Gasteiger partial charge in [0, 0.05) is 26.2 Å². The number of hydrogen-bond acceptors (Lipinski definition) is 4. The monoisotopic (exact) mass is 293 g/mol. The molecule has 0 bridgehead atoms. The second-order valence-electron chi connectivity index (χ2n) is 5.49. The van der Waals surface area contributed by atoms with Gasteiger partial charge in [-0.15, -0.1) is 0 Å². The third-order valence-corrected chi connectivity index (χ3v) is 3.85. The number of carboxylic acid groups (broad SMARTS) is 1. The van der Waals surface area contributed by atoms with Crippen LogP contribution in [0.3, 0.4) is 0 Å². The van der Waals surface area contributed by atoms with E-state index in [1.54, 1.807) is 0 Å². The van der Waals surface area contributed by atoms with Crippen LogP contribution in [0.4, 0.5) is 0 Å². The van der Waals surface area contributed by atoms with Crippen molar-refractivity contribution >= 4 is 5.97 Å². The van der Waals surface area contributed by atoms with Crippen LogP contribution in [-0.2, 0) is 16.1 Å². The highest BCUT2D eigenvalue weighted by Crippen LogP contribution is 2.17. The first-order valence-electron chi connectivity index (χ1n) is 7.41. The zero-order valence-electron chi connectivity index (χ0n) is 12.1. The number of ether oxygens (including phenoxy) is 1. The Morgan fingerprint density at radius 2 is 2.10 bits per heavy atom. The van der Waals surface area contributed by atoms with Gasteiger partial charge in [0.05, 0.1) is 18.6 Å². The van der Waals surface area contributed by atoms with Gasteiger partial charge in [-0.3, -0.25) is 4.79 Å². The van der Waals surface area contributed by atoms with Gasteiger partial charge in [-0.1, -0.05) is 30.3 Å². The maximum absolute atomic E-state index is 11.0. The molecule has 1 aliphatic rings. The number of piperidine rings is 1. The van der Waals surface area contributed by atoms with Gasteiger partial charge in [0.25, 0.3) is 0 Å². The quantitative estimate of drug-likeness (QED) is 0.743. The van der Waals surface area contributed by atoms with E-state index in [1.165, 1.54) is 0 Å². The van der Waals surface area contributed by atoms with E-state index >= 15 is 0 Å². The number of aliphatic hydroxyl groups excluding tert-OH is 1. The molecule has 2 atom stereocenters. The van der Waals surface area contributed by atoms with Crippen molar-refractivity contribution in [2.45, 2.75) is 25.6 Å². The minimum atomic E-state index is -0.910. The van der Waals surface area contributed by atoms with Crippen LogP contribution in [0, 0.1) is 5.92 Å². The highest BCUT2D eigenvalue weighted by Gasteiger charge is 2.32. The van der Waals surface area contributed by atoms with E-state index in [0.717, 1.165) is 25.1 Å². The minimum Gasteiger partial charge on any atom is -0.481 e. The first-order valence-corrected chi connectivity index (χ1v) is 7.41. The number of rotatable bonds is 7. The lowest BCUT2D eigenvalue weighted by Crippen LogP contribution is -2.46. The largest absolute Gasteiger partial charge is 0.481 e. The van der Waals surface area contributed by atoms with Crippen molar-refractivity contribution in [1.29, 1.82) is 0 Å². The Hall–Kier alpha value is -1.43. The maximum Gasteiger partial charge on any atom is 0.310 e. The Kier molecular flexibility index (Phi) is 6.17. The normalized spacial score (nSPS) is 23.1. The van der Waals surface area contributed by atoms with Crippen LogP contribution < -0.4 is 0 Å². The second kappa shape index (κ2) is 8.12. The third-order valence-electron chi connectivity index (χ3n) is 3.85. The molecule has 21 heavy (non-hydrogen) atoms. The molecule has 2 rings (SSSR count). The Morgan fingerprint density at radius 3 is 2.81 bits per heavy atom. The molecule has 1 saturated heterocycles. The lowest BCUT2D eigenvalue weighted by Gasteiger charge is -2.33.